The lowest BCUT2D eigenvalue weighted by Crippen LogP contribution is -2.34. The maximum Gasteiger partial charge on any atom is 0.234 e. The maximum absolute atomic E-state index is 13.1. The van der Waals surface area contributed by atoms with Crippen LogP contribution in [0.15, 0.2) is 60.8 Å². The summed E-state index contributed by atoms with van der Waals surface area (Å²) >= 11 is 0. The maximum atomic E-state index is 13.1. The summed E-state index contributed by atoms with van der Waals surface area (Å²) in [5, 5.41) is 3.91. The molecule has 0 atom stereocenters. The highest BCUT2D eigenvalue weighted by atomic mass is 19.1. The molecular formula is C19H17FN2O. The van der Waals surface area contributed by atoms with E-state index in [0.29, 0.717) is 5.69 Å². The fourth-order valence-electron chi connectivity index (χ4n) is 2.48. The van der Waals surface area contributed by atoms with Crippen molar-refractivity contribution >= 4 is 22.5 Å². The van der Waals surface area contributed by atoms with Crippen molar-refractivity contribution in [3.63, 3.8) is 0 Å². The van der Waals surface area contributed by atoms with Gasteiger partial charge >= 0.3 is 0 Å². The second-order valence-electron chi connectivity index (χ2n) is 5.97. The van der Waals surface area contributed by atoms with Gasteiger partial charge in [-0.1, -0.05) is 30.3 Å². The van der Waals surface area contributed by atoms with E-state index in [4.69, 9.17) is 0 Å². The van der Waals surface area contributed by atoms with E-state index in [9.17, 15) is 9.18 Å². The molecule has 3 rings (SSSR count). The molecule has 0 bridgehead atoms. The highest BCUT2D eigenvalue weighted by Crippen LogP contribution is 2.27. The molecular weight excluding hydrogens is 291 g/mol. The molecule has 0 fully saturated rings. The average molecular weight is 308 g/mol. The van der Waals surface area contributed by atoms with Gasteiger partial charge in [-0.05, 0) is 43.7 Å². The zero-order valence-corrected chi connectivity index (χ0v) is 13.0. The Balaban J connectivity index is 1.92. The quantitative estimate of drug-likeness (QED) is 0.784. The van der Waals surface area contributed by atoms with Crippen molar-refractivity contribution in [2.75, 3.05) is 5.32 Å². The molecule has 3 nitrogen and oxygen atoms in total. The number of carbonyl (C=O) groups excluding carboxylic acids is 1. The van der Waals surface area contributed by atoms with Gasteiger partial charge < -0.3 is 5.32 Å². The van der Waals surface area contributed by atoms with E-state index in [2.05, 4.69) is 10.3 Å². The SMILES string of the molecule is CC(C)(C(=O)Nc1cccc2cccnc12)c1ccc(F)cc1. The third kappa shape index (κ3) is 2.93. The van der Waals surface area contributed by atoms with E-state index in [1.807, 2.05) is 44.2 Å². The third-order valence-electron chi connectivity index (χ3n) is 4.01. The number of aromatic nitrogens is 1. The Morgan fingerprint density at radius 2 is 1.74 bits per heavy atom. The van der Waals surface area contributed by atoms with E-state index in [1.165, 1.54) is 12.1 Å². The normalized spacial score (nSPS) is 11.4. The molecule has 116 valence electrons. The second-order valence-corrected chi connectivity index (χ2v) is 5.97. The molecule has 1 amide bonds. The number of carbonyl (C=O) groups is 1. The van der Waals surface area contributed by atoms with Crippen molar-refractivity contribution < 1.29 is 9.18 Å². The molecule has 23 heavy (non-hydrogen) atoms. The van der Waals surface area contributed by atoms with Gasteiger partial charge in [-0.25, -0.2) is 4.39 Å². The van der Waals surface area contributed by atoms with Crippen LogP contribution in [-0.4, -0.2) is 10.9 Å². The third-order valence-corrected chi connectivity index (χ3v) is 4.01. The van der Waals surface area contributed by atoms with Crippen molar-refractivity contribution in [1.29, 1.82) is 0 Å². The van der Waals surface area contributed by atoms with E-state index in [0.717, 1.165) is 16.5 Å². The van der Waals surface area contributed by atoms with Gasteiger partial charge in [0.05, 0.1) is 16.6 Å². The van der Waals surface area contributed by atoms with Crippen LogP contribution in [0.3, 0.4) is 0 Å². The second kappa shape index (κ2) is 5.80. The number of amides is 1. The van der Waals surface area contributed by atoms with Crippen LogP contribution in [-0.2, 0) is 10.2 Å². The molecule has 3 aromatic rings. The lowest BCUT2D eigenvalue weighted by atomic mass is 9.83. The first kappa shape index (κ1) is 15.2. The van der Waals surface area contributed by atoms with Crippen LogP contribution in [0.1, 0.15) is 19.4 Å². The Bertz CT molecular complexity index is 851. The van der Waals surface area contributed by atoms with Crippen LogP contribution in [0.5, 0.6) is 0 Å². The number of hydrogen-bond acceptors (Lipinski definition) is 2. The van der Waals surface area contributed by atoms with Gasteiger partial charge in [0.25, 0.3) is 0 Å². The molecule has 1 heterocycles. The van der Waals surface area contributed by atoms with Gasteiger partial charge in [-0.2, -0.15) is 0 Å². The molecule has 0 aliphatic heterocycles. The Morgan fingerprint density at radius 3 is 2.48 bits per heavy atom. The summed E-state index contributed by atoms with van der Waals surface area (Å²) in [4.78, 5) is 17.1. The number of pyridine rings is 1. The summed E-state index contributed by atoms with van der Waals surface area (Å²) in [6, 6.07) is 15.5. The molecule has 4 heteroatoms. The molecule has 1 aromatic heterocycles. The van der Waals surface area contributed by atoms with Gasteiger partial charge in [0.1, 0.15) is 5.82 Å². The van der Waals surface area contributed by atoms with Crippen LogP contribution in [0.4, 0.5) is 10.1 Å². The zero-order valence-electron chi connectivity index (χ0n) is 13.0. The monoisotopic (exact) mass is 308 g/mol. The molecule has 0 saturated carbocycles. The molecule has 0 aliphatic rings. The number of nitrogens with one attached hydrogen (secondary N) is 1. The number of fused-ring (bicyclic) bond motifs is 1. The Labute approximate surface area is 134 Å². The highest BCUT2D eigenvalue weighted by Gasteiger charge is 2.30. The van der Waals surface area contributed by atoms with Crippen molar-refractivity contribution in [2.45, 2.75) is 19.3 Å². The molecule has 0 saturated heterocycles. The smallest absolute Gasteiger partial charge is 0.234 e. The summed E-state index contributed by atoms with van der Waals surface area (Å²) in [6.07, 6.45) is 1.70. The summed E-state index contributed by atoms with van der Waals surface area (Å²) in [5.41, 5.74) is 1.39. The van der Waals surface area contributed by atoms with Crippen molar-refractivity contribution in [3.8, 4) is 0 Å². The minimum Gasteiger partial charge on any atom is -0.323 e. The fraction of sp³-hybridized carbons (Fsp3) is 0.158. The number of halogens is 1. The van der Waals surface area contributed by atoms with Gasteiger partial charge in [0.15, 0.2) is 0 Å². The zero-order chi connectivity index (χ0) is 16.4. The summed E-state index contributed by atoms with van der Waals surface area (Å²) in [6.45, 7) is 3.63. The minimum atomic E-state index is -0.787. The lowest BCUT2D eigenvalue weighted by molar-refractivity contribution is -0.120. The van der Waals surface area contributed by atoms with Gasteiger partial charge in [-0.15, -0.1) is 0 Å². The average Bonchev–Trinajstić information content (AvgIpc) is 2.55. The van der Waals surface area contributed by atoms with E-state index in [1.54, 1.807) is 18.3 Å². The van der Waals surface area contributed by atoms with Crippen molar-refractivity contribution in [2.24, 2.45) is 0 Å². The molecule has 0 aliphatic carbocycles. The first-order valence-corrected chi connectivity index (χ1v) is 7.40. The standard InChI is InChI=1S/C19H17FN2O/c1-19(2,14-8-10-15(20)11-9-14)18(23)22-16-7-3-5-13-6-4-12-21-17(13)16/h3-12H,1-2H3,(H,22,23). The van der Waals surface area contributed by atoms with Crippen LogP contribution < -0.4 is 5.32 Å². The van der Waals surface area contributed by atoms with Crippen LogP contribution in [0.2, 0.25) is 0 Å². The predicted octanol–water partition coefficient (Wildman–Crippen LogP) is 4.29. The molecule has 1 N–H and O–H groups in total. The van der Waals surface area contributed by atoms with Crippen molar-refractivity contribution in [3.05, 3.63) is 72.2 Å². The lowest BCUT2D eigenvalue weighted by Gasteiger charge is -2.24. The number of anilines is 1. The Kier molecular flexibility index (Phi) is 3.82. The summed E-state index contributed by atoms with van der Waals surface area (Å²) in [5.74, 6) is -0.481. The number of rotatable bonds is 3. The number of benzene rings is 2. The fourth-order valence-corrected chi connectivity index (χ4v) is 2.48. The van der Waals surface area contributed by atoms with Crippen LogP contribution in [0, 0.1) is 5.82 Å². The largest absolute Gasteiger partial charge is 0.323 e. The van der Waals surface area contributed by atoms with Crippen LogP contribution >= 0.6 is 0 Å². The minimum absolute atomic E-state index is 0.165. The van der Waals surface area contributed by atoms with E-state index in [-0.39, 0.29) is 11.7 Å². The van der Waals surface area contributed by atoms with Crippen LogP contribution in [0.25, 0.3) is 10.9 Å². The molecule has 0 unspecified atom stereocenters. The first-order chi connectivity index (χ1) is 11.0. The van der Waals surface area contributed by atoms with E-state index >= 15 is 0 Å². The van der Waals surface area contributed by atoms with Crippen molar-refractivity contribution in [1.82, 2.24) is 4.98 Å². The first-order valence-electron chi connectivity index (χ1n) is 7.40. The Morgan fingerprint density at radius 1 is 1.04 bits per heavy atom. The summed E-state index contributed by atoms with van der Waals surface area (Å²) < 4.78 is 13.1. The van der Waals surface area contributed by atoms with Gasteiger partial charge in [0.2, 0.25) is 5.91 Å². The van der Waals surface area contributed by atoms with E-state index < -0.39 is 5.41 Å². The predicted molar refractivity (Wildman–Crippen MR) is 89.8 cm³/mol. The van der Waals surface area contributed by atoms with Gasteiger partial charge in [0, 0.05) is 11.6 Å². The molecule has 0 radical (unpaired) electrons. The number of para-hydroxylation sites is 1. The topological polar surface area (TPSA) is 42.0 Å². The number of hydrogen-bond donors (Lipinski definition) is 1. The number of nitrogens with zero attached hydrogens (tertiary/aromatic N) is 1. The Hall–Kier alpha value is -2.75. The molecule has 0 spiro atoms. The highest BCUT2D eigenvalue weighted by molar-refractivity contribution is 6.04. The molecule has 2 aromatic carbocycles. The summed E-state index contributed by atoms with van der Waals surface area (Å²) in [7, 11) is 0. The van der Waals surface area contributed by atoms with Gasteiger partial charge in [-0.3, -0.25) is 9.78 Å².